The number of para-hydroxylation sites is 1. The Morgan fingerprint density at radius 1 is 1.15 bits per heavy atom. The highest BCUT2D eigenvalue weighted by Crippen LogP contribution is 2.22. The highest BCUT2D eigenvalue weighted by molar-refractivity contribution is 5.91. The van der Waals surface area contributed by atoms with Crippen LogP contribution >= 0.6 is 0 Å². The first kappa shape index (κ1) is 19.8. The first-order chi connectivity index (χ1) is 12.0. The zero-order chi connectivity index (χ0) is 19.4. The van der Waals surface area contributed by atoms with E-state index in [0.29, 0.717) is 5.56 Å². The summed E-state index contributed by atoms with van der Waals surface area (Å²) in [5.41, 5.74) is 1.04. The van der Waals surface area contributed by atoms with Crippen LogP contribution in [-0.2, 0) is 4.79 Å². The van der Waals surface area contributed by atoms with Crippen molar-refractivity contribution in [3.63, 3.8) is 0 Å². The molecule has 2 rings (SSSR count). The van der Waals surface area contributed by atoms with Crippen LogP contribution in [0.1, 0.15) is 26.3 Å². The third-order valence-corrected chi connectivity index (χ3v) is 3.39. The maximum absolute atomic E-state index is 12.8. The molecule has 0 spiro atoms. The van der Waals surface area contributed by atoms with E-state index in [4.69, 9.17) is 0 Å². The number of alkyl halides is 3. The van der Waals surface area contributed by atoms with Gasteiger partial charge in [-0.3, -0.25) is 4.79 Å². The summed E-state index contributed by atoms with van der Waals surface area (Å²) in [4.78, 5) is 13.1. The minimum atomic E-state index is -4.44. The normalized spacial score (nSPS) is 12.5. The Hall–Kier alpha value is -2.57. The predicted molar refractivity (Wildman–Crippen MR) is 94.7 cm³/mol. The average Bonchev–Trinajstić information content (AvgIpc) is 2.99. The molecule has 0 atom stereocenters. The quantitative estimate of drug-likeness (QED) is 0.740. The molecule has 2 aromatic rings. The fourth-order valence-corrected chi connectivity index (χ4v) is 2.42. The van der Waals surface area contributed by atoms with E-state index in [1.807, 2.05) is 30.3 Å². The molecule has 1 aromatic carbocycles. The summed E-state index contributed by atoms with van der Waals surface area (Å²) in [5.74, 6) is -0.676. The van der Waals surface area contributed by atoms with Gasteiger partial charge >= 0.3 is 6.18 Å². The van der Waals surface area contributed by atoms with Gasteiger partial charge in [0.15, 0.2) is 0 Å². The van der Waals surface area contributed by atoms with Gasteiger partial charge in [-0.1, -0.05) is 39.0 Å². The number of nitrogens with zero attached hydrogens (tertiary/aromatic N) is 3. The Labute approximate surface area is 150 Å². The molecule has 7 heteroatoms. The zero-order valence-electron chi connectivity index (χ0n) is 15.0. The van der Waals surface area contributed by atoms with Gasteiger partial charge < -0.3 is 4.90 Å². The molecule has 4 nitrogen and oxygen atoms in total. The first-order valence-corrected chi connectivity index (χ1v) is 8.17. The summed E-state index contributed by atoms with van der Waals surface area (Å²) in [6.07, 6.45) is 1.45. The minimum absolute atomic E-state index is 0.0129. The van der Waals surface area contributed by atoms with Crippen LogP contribution in [0.2, 0.25) is 0 Å². The average molecular weight is 365 g/mol. The largest absolute Gasteiger partial charge is 0.406 e. The van der Waals surface area contributed by atoms with Gasteiger partial charge in [-0.05, 0) is 23.6 Å². The van der Waals surface area contributed by atoms with Crippen molar-refractivity contribution in [2.75, 3.05) is 13.1 Å². The molecule has 0 bridgehead atoms. The third kappa shape index (κ3) is 6.38. The van der Waals surface area contributed by atoms with E-state index in [0.717, 1.165) is 16.7 Å². The summed E-state index contributed by atoms with van der Waals surface area (Å²) < 4.78 is 39.9. The Bertz CT molecular complexity index is 742. The van der Waals surface area contributed by atoms with Crippen LogP contribution < -0.4 is 0 Å². The van der Waals surface area contributed by atoms with Crippen molar-refractivity contribution in [3.05, 3.63) is 54.4 Å². The molecule has 0 saturated heterocycles. The number of rotatable bonds is 5. The summed E-state index contributed by atoms with van der Waals surface area (Å²) in [6.45, 7) is 4.11. The van der Waals surface area contributed by atoms with Crippen LogP contribution in [-0.4, -0.2) is 39.9 Å². The van der Waals surface area contributed by atoms with Crippen molar-refractivity contribution in [3.8, 4) is 5.69 Å². The molecule has 140 valence electrons. The molecule has 0 N–H and O–H groups in total. The zero-order valence-corrected chi connectivity index (χ0v) is 15.0. The van der Waals surface area contributed by atoms with Crippen LogP contribution in [0.4, 0.5) is 13.2 Å². The Morgan fingerprint density at radius 2 is 1.81 bits per heavy atom. The summed E-state index contributed by atoms with van der Waals surface area (Å²) in [7, 11) is 0. The van der Waals surface area contributed by atoms with Crippen molar-refractivity contribution < 1.29 is 18.0 Å². The first-order valence-electron chi connectivity index (χ1n) is 8.17. The lowest BCUT2D eigenvalue weighted by Gasteiger charge is -2.29. The van der Waals surface area contributed by atoms with E-state index >= 15 is 0 Å². The lowest BCUT2D eigenvalue weighted by molar-refractivity contribution is -0.160. The SMILES string of the molecule is CC(C)(C)CN(CC(F)(F)F)C(=O)/C=C/c1cnn(-c2ccccc2)c1. The van der Waals surface area contributed by atoms with E-state index in [1.54, 1.807) is 37.8 Å². The number of halogens is 3. The molecule has 0 saturated carbocycles. The molecule has 0 fully saturated rings. The van der Waals surface area contributed by atoms with Crippen molar-refractivity contribution in [2.24, 2.45) is 5.41 Å². The summed E-state index contributed by atoms with van der Waals surface area (Å²) in [6, 6.07) is 9.38. The molecule has 1 amide bonds. The third-order valence-electron chi connectivity index (χ3n) is 3.39. The highest BCUT2D eigenvalue weighted by atomic mass is 19.4. The van der Waals surface area contributed by atoms with Crippen LogP contribution in [0.3, 0.4) is 0 Å². The molecule has 0 unspecified atom stereocenters. The minimum Gasteiger partial charge on any atom is -0.330 e. The van der Waals surface area contributed by atoms with Gasteiger partial charge in [0.05, 0.1) is 11.9 Å². The van der Waals surface area contributed by atoms with E-state index in [9.17, 15) is 18.0 Å². The van der Waals surface area contributed by atoms with Crippen molar-refractivity contribution in [1.82, 2.24) is 14.7 Å². The number of benzene rings is 1. The van der Waals surface area contributed by atoms with Gasteiger partial charge in [0.25, 0.3) is 0 Å². The second kappa shape index (κ2) is 7.76. The lowest BCUT2D eigenvalue weighted by Crippen LogP contribution is -2.42. The van der Waals surface area contributed by atoms with Gasteiger partial charge in [0, 0.05) is 24.4 Å². The number of hydrogen-bond acceptors (Lipinski definition) is 2. The Kier molecular flexibility index (Phi) is 5.90. The molecule has 26 heavy (non-hydrogen) atoms. The number of carbonyl (C=O) groups excluding carboxylic acids is 1. The molecular formula is C19H22F3N3O. The highest BCUT2D eigenvalue weighted by Gasteiger charge is 2.34. The predicted octanol–water partition coefficient (Wildman–Crippen LogP) is 4.32. The van der Waals surface area contributed by atoms with Crippen LogP contribution in [0, 0.1) is 5.41 Å². The monoisotopic (exact) mass is 365 g/mol. The van der Waals surface area contributed by atoms with E-state index in [1.165, 1.54) is 6.08 Å². The Balaban J connectivity index is 2.11. The maximum atomic E-state index is 12.8. The van der Waals surface area contributed by atoms with Crippen LogP contribution in [0.15, 0.2) is 48.8 Å². The van der Waals surface area contributed by atoms with Gasteiger partial charge in [0.1, 0.15) is 6.54 Å². The second-order valence-electron chi connectivity index (χ2n) is 7.26. The molecule has 0 aliphatic rings. The topological polar surface area (TPSA) is 38.1 Å². The molecule has 1 heterocycles. The van der Waals surface area contributed by atoms with Crippen molar-refractivity contribution >= 4 is 12.0 Å². The van der Waals surface area contributed by atoms with Gasteiger partial charge in [0.2, 0.25) is 5.91 Å². The van der Waals surface area contributed by atoms with Gasteiger partial charge in [-0.15, -0.1) is 0 Å². The van der Waals surface area contributed by atoms with E-state index in [-0.39, 0.29) is 6.54 Å². The van der Waals surface area contributed by atoms with Crippen molar-refractivity contribution in [2.45, 2.75) is 26.9 Å². The lowest BCUT2D eigenvalue weighted by atomic mass is 9.96. The summed E-state index contributed by atoms with van der Waals surface area (Å²) in [5, 5.41) is 4.19. The van der Waals surface area contributed by atoms with Crippen LogP contribution in [0.5, 0.6) is 0 Å². The molecular weight excluding hydrogens is 343 g/mol. The molecule has 0 aliphatic heterocycles. The van der Waals surface area contributed by atoms with Gasteiger partial charge in [-0.2, -0.15) is 18.3 Å². The Morgan fingerprint density at radius 3 is 2.38 bits per heavy atom. The standard InChI is InChI=1S/C19H22F3N3O/c1-18(2,3)13-24(14-19(20,21)22)17(26)10-9-15-11-23-25(12-15)16-7-5-4-6-8-16/h4-12H,13-14H2,1-3H3/b10-9+. The number of amides is 1. The van der Waals surface area contributed by atoms with Crippen molar-refractivity contribution in [1.29, 1.82) is 0 Å². The summed E-state index contributed by atoms with van der Waals surface area (Å²) >= 11 is 0. The van der Waals surface area contributed by atoms with E-state index < -0.39 is 24.0 Å². The number of aromatic nitrogens is 2. The number of hydrogen-bond donors (Lipinski definition) is 0. The fraction of sp³-hybridized carbons (Fsp3) is 0.368. The molecule has 1 aromatic heterocycles. The maximum Gasteiger partial charge on any atom is 0.406 e. The number of carbonyl (C=O) groups is 1. The molecule has 0 aliphatic carbocycles. The van der Waals surface area contributed by atoms with Gasteiger partial charge in [-0.25, -0.2) is 4.68 Å². The van der Waals surface area contributed by atoms with Crippen LogP contribution in [0.25, 0.3) is 11.8 Å². The van der Waals surface area contributed by atoms with E-state index in [2.05, 4.69) is 5.10 Å². The second-order valence-corrected chi connectivity index (χ2v) is 7.26. The molecule has 0 radical (unpaired) electrons. The smallest absolute Gasteiger partial charge is 0.330 e. The fourth-order valence-electron chi connectivity index (χ4n) is 2.42.